The second kappa shape index (κ2) is 10.6. The normalized spacial score (nSPS) is 9.93. The fourth-order valence-electron chi connectivity index (χ4n) is 2.36. The Morgan fingerprint density at radius 2 is 1.97 bits per heavy atom. The van der Waals surface area contributed by atoms with E-state index in [0.717, 1.165) is 0 Å². The summed E-state index contributed by atoms with van der Waals surface area (Å²) in [5, 5.41) is 25.7. The van der Waals surface area contributed by atoms with Crippen molar-refractivity contribution in [2.24, 2.45) is 0 Å². The Kier molecular flexibility index (Phi) is 7.94. The number of para-hydroxylation sites is 2. The minimum absolute atomic E-state index is 0.0293. The fourth-order valence-corrected chi connectivity index (χ4v) is 2.53. The van der Waals surface area contributed by atoms with Crippen LogP contribution in [-0.2, 0) is 14.3 Å². The van der Waals surface area contributed by atoms with Gasteiger partial charge in [-0.2, -0.15) is 5.26 Å². The summed E-state index contributed by atoms with van der Waals surface area (Å²) < 4.78 is 4.89. The Morgan fingerprint density at radius 3 is 2.69 bits per heavy atom. The van der Waals surface area contributed by atoms with Crippen molar-refractivity contribution in [3.8, 4) is 6.07 Å². The predicted molar refractivity (Wildman–Crippen MR) is 107 cm³/mol. The van der Waals surface area contributed by atoms with Gasteiger partial charge in [-0.05, 0) is 30.7 Å². The lowest BCUT2D eigenvalue weighted by Crippen LogP contribution is -2.21. The number of nitrogens with zero attached hydrogens (tertiary/aromatic N) is 2. The topological polar surface area (TPSA) is 134 Å². The number of amides is 1. The molecule has 0 heterocycles. The number of rotatable bonds is 9. The van der Waals surface area contributed by atoms with E-state index < -0.39 is 23.4 Å². The molecule has 0 aliphatic carbocycles. The zero-order chi connectivity index (χ0) is 21.2. The standard InChI is InChI=1S/C19H17ClN4O5/c20-14-8-7-13(11-21)16(10-14)23-18(25)12-29-19(26)6-3-9-22-15-4-1-2-5-17(15)24(27)28/h1-2,4-5,7-8,10,22H,3,6,9,12H2,(H,23,25). The van der Waals surface area contributed by atoms with Crippen LogP contribution in [-0.4, -0.2) is 30.0 Å². The third-order valence-electron chi connectivity index (χ3n) is 3.71. The number of nitrogens with one attached hydrogen (secondary N) is 2. The molecule has 0 bridgehead atoms. The zero-order valence-electron chi connectivity index (χ0n) is 15.2. The van der Waals surface area contributed by atoms with E-state index >= 15 is 0 Å². The third kappa shape index (κ3) is 6.79. The number of benzene rings is 2. The number of ether oxygens (including phenoxy) is 1. The Morgan fingerprint density at radius 1 is 1.21 bits per heavy atom. The molecular formula is C19H17ClN4O5. The molecule has 1 amide bonds. The lowest BCUT2D eigenvalue weighted by molar-refractivity contribution is -0.384. The van der Waals surface area contributed by atoms with E-state index in [0.29, 0.717) is 23.7 Å². The summed E-state index contributed by atoms with van der Waals surface area (Å²) >= 11 is 5.84. The smallest absolute Gasteiger partial charge is 0.306 e. The molecule has 0 fully saturated rings. The minimum Gasteiger partial charge on any atom is -0.456 e. The molecule has 0 saturated heterocycles. The van der Waals surface area contributed by atoms with Crippen LogP contribution in [0.1, 0.15) is 18.4 Å². The van der Waals surface area contributed by atoms with Gasteiger partial charge in [-0.3, -0.25) is 19.7 Å². The van der Waals surface area contributed by atoms with Gasteiger partial charge >= 0.3 is 5.97 Å². The van der Waals surface area contributed by atoms with Gasteiger partial charge in [0.1, 0.15) is 11.8 Å². The number of halogens is 1. The molecule has 0 saturated carbocycles. The van der Waals surface area contributed by atoms with Crippen molar-refractivity contribution in [3.05, 3.63) is 63.2 Å². The van der Waals surface area contributed by atoms with Crippen LogP contribution in [0.2, 0.25) is 5.02 Å². The molecular weight excluding hydrogens is 400 g/mol. The van der Waals surface area contributed by atoms with Crippen molar-refractivity contribution >= 4 is 40.5 Å². The summed E-state index contributed by atoms with van der Waals surface area (Å²) in [6, 6.07) is 12.5. The first-order valence-corrected chi connectivity index (χ1v) is 8.91. The van der Waals surface area contributed by atoms with Gasteiger partial charge in [0.15, 0.2) is 6.61 Å². The fraction of sp³-hybridized carbons (Fsp3) is 0.211. The Labute approximate surface area is 171 Å². The van der Waals surface area contributed by atoms with Gasteiger partial charge in [0.2, 0.25) is 0 Å². The maximum absolute atomic E-state index is 11.9. The summed E-state index contributed by atoms with van der Waals surface area (Å²) in [7, 11) is 0. The molecule has 2 rings (SSSR count). The van der Waals surface area contributed by atoms with Gasteiger partial charge < -0.3 is 15.4 Å². The van der Waals surface area contributed by atoms with Crippen LogP contribution in [0.5, 0.6) is 0 Å². The molecule has 9 nitrogen and oxygen atoms in total. The number of nitriles is 1. The number of carbonyl (C=O) groups excluding carboxylic acids is 2. The second-order valence-electron chi connectivity index (χ2n) is 5.82. The molecule has 29 heavy (non-hydrogen) atoms. The molecule has 0 unspecified atom stereocenters. The highest BCUT2D eigenvalue weighted by Gasteiger charge is 2.13. The molecule has 0 atom stereocenters. The summed E-state index contributed by atoms with van der Waals surface area (Å²) in [4.78, 5) is 34.1. The number of anilines is 2. The first kappa shape index (κ1) is 21.7. The monoisotopic (exact) mass is 416 g/mol. The molecule has 2 N–H and O–H groups in total. The average molecular weight is 417 g/mol. The van der Waals surface area contributed by atoms with E-state index in [-0.39, 0.29) is 23.4 Å². The second-order valence-corrected chi connectivity index (χ2v) is 6.25. The molecule has 0 radical (unpaired) electrons. The number of nitro benzene ring substituents is 1. The van der Waals surface area contributed by atoms with Crippen LogP contribution < -0.4 is 10.6 Å². The molecule has 2 aromatic rings. The van der Waals surface area contributed by atoms with E-state index in [1.54, 1.807) is 18.2 Å². The summed E-state index contributed by atoms with van der Waals surface area (Å²) in [5.74, 6) is -1.19. The molecule has 0 aliphatic rings. The van der Waals surface area contributed by atoms with Gasteiger partial charge in [0.05, 0.1) is 16.2 Å². The van der Waals surface area contributed by atoms with Crippen molar-refractivity contribution in [3.63, 3.8) is 0 Å². The number of hydrogen-bond acceptors (Lipinski definition) is 7. The number of nitro groups is 1. The lowest BCUT2D eigenvalue weighted by atomic mass is 10.2. The minimum atomic E-state index is -0.602. The highest BCUT2D eigenvalue weighted by Crippen LogP contribution is 2.23. The first-order chi connectivity index (χ1) is 13.9. The molecule has 2 aromatic carbocycles. The predicted octanol–water partition coefficient (Wildman–Crippen LogP) is 3.49. The van der Waals surface area contributed by atoms with Crippen LogP contribution in [0.4, 0.5) is 17.1 Å². The SMILES string of the molecule is N#Cc1ccc(Cl)cc1NC(=O)COC(=O)CCCNc1ccccc1[N+](=O)[O-]. The summed E-state index contributed by atoms with van der Waals surface area (Å²) in [6.07, 6.45) is 0.390. The van der Waals surface area contributed by atoms with Crippen molar-refractivity contribution in [2.75, 3.05) is 23.8 Å². The van der Waals surface area contributed by atoms with Gasteiger partial charge in [0, 0.05) is 24.1 Å². The molecule has 150 valence electrons. The summed E-state index contributed by atoms with van der Waals surface area (Å²) in [6.45, 7) is -0.187. The Balaban J connectivity index is 1.72. The number of hydrogen-bond donors (Lipinski definition) is 2. The largest absolute Gasteiger partial charge is 0.456 e. The van der Waals surface area contributed by atoms with E-state index in [1.807, 2.05) is 6.07 Å². The van der Waals surface area contributed by atoms with E-state index in [9.17, 15) is 19.7 Å². The Hall–Kier alpha value is -3.64. The van der Waals surface area contributed by atoms with Crippen molar-refractivity contribution in [2.45, 2.75) is 12.8 Å². The van der Waals surface area contributed by atoms with Crippen molar-refractivity contribution in [1.29, 1.82) is 5.26 Å². The van der Waals surface area contributed by atoms with E-state index in [1.165, 1.54) is 24.3 Å². The third-order valence-corrected chi connectivity index (χ3v) is 3.95. The van der Waals surface area contributed by atoms with Gasteiger partial charge in [0.25, 0.3) is 11.6 Å². The maximum atomic E-state index is 11.9. The van der Waals surface area contributed by atoms with Gasteiger partial charge in [-0.25, -0.2) is 0 Å². The molecule has 0 aliphatic heterocycles. The Bertz CT molecular complexity index is 958. The van der Waals surface area contributed by atoms with E-state index in [2.05, 4.69) is 10.6 Å². The number of carbonyl (C=O) groups is 2. The van der Waals surface area contributed by atoms with Gasteiger partial charge in [-0.15, -0.1) is 0 Å². The van der Waals surface area contributed by atoms with Crippen LogP contribution in [0, 0.1) is 21.4 Å². The quantitative estimate of drug-likeness (QED) is 0.276. The van der Waals surface area contributed by atoms with Gasteiger partial charge in [-0.1, -0.05) is 23.7 Å². The average Bonchev–Trinajstić information content (AvgIpc) is 2.70. The van der Waals surface area contributed by atoms with Crippen LogP contribution in [0.15, 0.2) is 42.5 Å². The van der Waals surface area contributed by atoms with Crippen LogP contribution >= 0.6 is 11.6 Å². The molecule has 0 aromatic heterocycles. The van der Waals surface area contributed by atoms with Crippen LogP contribution in [0.3, 0.4) is 0 Å². The summed E-state index contributed by atoms with van der Waals surface area (Å²) in [5.41, 5.74) is 0.773. The lowest BCUT2D eigenvalue weighted by Gasteiger charge is -2.09. The zero-order valence-corrected chi connectivity index (χ0v) is 15.9. The highest BCUT2D eigenvalue weighted by molar-refractivity contribution is 6.31. The van der Waals surface area contributed by atoms with Crippen molar-refractivity contribution in [1.82, 2.24) is 0 Å². The highest BCUT2D eigenvalue weighted by atomic mass is 35.5. The molecule has 10 heteroatoms. The first-order valence-electron chi connectivity index (χ1n) is 8.53. The van der Waals surface area contributed by atoms with E-state index in [4.69, 9.17) is 21.6 Å². The maximum Gasteiger partial charge on any atom is 0.306 e. The van der Waals surface area contributed by atoms with Crippen molar-refractivity contribution < 1.29 is 19.2 Å². The molecule has 0 spiro atoms. The number of esters is 1. The van der Waals surface area contributed by atoms with Crippen LogP contribution in [0.25, 0.3) is 0 Å².